The number of likely N-dealkylation sites (N-methyl/N-ethyl adjacent to an activating group) is 1. The van der Waals surface area contributed by atoms with Crippen LogP contribution in [0.3, 0.4) is 0 Å². The Kier molecular flexibility index (Phi) is 7.31. The second kappa shape index (κ2) is 9.56. The number of carbonyl (C=O) groups is 1. The van der Waals surface area contributed by atoms with E-state index in [1.807, 2.05) is 40.0 Å². The van der Waals surface area contributed by atoms with E-state index in [2.05, 4.69) is 30.7 Å². The lowest BCUT2D eigenvalue weighted by atomic mass is 9.84. The fraction of sp³-hybridized carbons (Fsp3) is 0.500. The fourth-order valence-corrected chi connectivity index (χ4v) is 4.61. The van der Waals surface area contributed by atoms with Gasteiger partial charge in [0, 0.05) is 35.8 Å². The molecule has 0 radical (unpaired) electrons. The molecule has 8 heteroatoms. The molecule has 0 amide bonds. The summed E-state index contributed by atoms with van der Waals surface area (Å²) in [6.45, 7) is 14.9. The maximum atomic E-state index is 13.4. The summed E-state index contributed by atoms with van der Waals surface area (Å²) in [5.41, 5.74) is 5.86. The van der Waals surface area contributed by atoms with E-state index >= 15 is 0 Å². The van der Waals surface area contributed by atoms with Gasteiger partial charge in [-0.3, -0.25) is 10.2 Å². The number of ether oxygens (including phenoxy) is 2. The first-order valence-corrected chi connectivity index (χ1v) is 11.5. The molecule has 7 nitrogen and oxygen atoms in total. The number of Topliss-reactive ketones (excluding diaryl/α,β-unsaturated/α-hetero) is 1. The van der Waals surface area contributed by atoms with Gasteiger partial charge in [-0.25, -0.2) is 4.98 Å². The van der Waals surface area contributed by atoms with E-state index in [0.29, 0.717) is 36.9 Å². The third-order valence-electron chi connectivity index (χ3n) is 6.48. The standard InChI is InChI=1S/C26H34N4O3.BrH/c1-8-32-23-15(2)18-13-30(25(27)22(18)28-16(23)3)14-21(31)17-11-19(26(4,5)6)24-20(12-17)29(7)9-10-33-24;/h11-12,27H,8-10,13-14H2,1-7H3;1H. The summed E-state index contributed by atoms with van der Waals surface area (Å²) in [5, 5.41) is 8.68. The van der Waals surface area contributed by atoms with E-state index in [0.717, 1.165) is 46.1 Å². The second-order valence-electron chi connectivity index (χ2n) is 9.93. The van der Waals surface area contributed by atoms with E-state index in [1.54, 1.807) is 4.90 Å². The molecule has 0 saturated heterocycles. The second-order valence-corrected chi connectivity index (χ2v) is 9.93. The van der Waals surface area contributed by atoms with E-state index in [4.69, 9.17) is 14.9 Å². The lowest BCUT2D eigenvalue weighted by Crippen LogP contribution is -2.33. The fourth-order valence-electron chi connectivity index (χ4n) is 4.61. The van der Waals surface area contributed by atoms with Gasteiger partial charge in [-0.2, -0.15) is 0 Å². The van der Waals surface area contributed by atoms with Gasteiger partial charge in [0.2, 0.25) is 0 Å². The molecule has 34 heavy (non-hydrogen) atoms. The summed E-state index contributed by atoms with van der Waals surface area (Å²) in [6.07, 6.45) is 0. The SMILES string of the molecule is Br.CCOc1c(C)nc2c(c1C)CN(CC(=O)c1cc3c(c(C(C)(C)C)c1)OCCN3C)C2=N. The van der Waals surface area contributed by atoms with Crippen LogP contribution in [-0.4, -0.2) is 54.9 Å². The molecule has 0 fully saturated rings. The summed E-state index contributed by atoms with van der Waals surface area (Å²) in [6, 6.07) is 3.90. The zero-order chi connectivity index (χ0) is 24.1. The van der Waals surface area contributed by atoms with Crippen LogP contribution in [0.15, 0.2) is 12.1 Å². The number of amidine groups is 1. The Morgan fingerprint density at radius 1 is 1.26 bits per heavy atom. The average molecular weight is 531 g/mol. The first-order valence-electron chi connectivity index (χ1n) is 11.5. The molecular weight excluding hydrogens is 496 g/mol. The van der Waals surface area contributed by atoms with Gasteiger partial charge in [0.05, 0.1) is 31.1 Å². The highest BCUT2D eigenvalue weighted by Crippen LogP contribution is 2.42. The molecule has 1 aromatic heterocycles. The van der Waals surface area contributed by atoms with Crippen molar-refractivity contribution in [1.82, 2.24) is 9.88 Å². The Bertz CT molecular complexity index is 1140. The first kappa shape index (κ1) is 26.0. The number of ketones is 1. The molecule has 0 spiro atoms. The Balaban J connectivity index is 0.00000324. The Morgan fingerprint density at radius 2 is 1.97 bits per heavy atom. The number of nitrogens with one attached hydrogen (secondary N) is 1. The third-order valence-corrected chi connectivity index (χ3v) is 6.48. The minimum absolute atomic E-state index is 0. The maximum Gasteiger partial charge on any atom is 0.182 e. The summed E-state index contributed by atoms with van der Waals surface area (Å²) in [5.74, 6) is 1.93. The van der Waals surface area contributed by atoms with Gasteiger partial charge >= 0.3 is 0 Å². The largest absolute Gasteiger partial charge is 0.492 e. The smallest absolute Gasteiger partial charge is 0.182 e. The van der Waals surface area contributed by atoms with Gasteiger partial charge in [0.25, 0.3) is 0 Å². The Labute approximate surface area is 212 Å². The molecule has 3 heterocycles. The average Bonchev–Trinajstić information content (AvgIpc) is 3.05. The molecule has 0 atom stereocenters. The van der Waals surface area contributed by atoms with Crippen molar-refractivity contribution < 1.29 is 14.3 Å². The zero-order valence-electron chi connectivity index (χ0n) is 21.2. The summed E-state index contributed by atoms with van der Waals surface area (Å²) in [4.78, 5) is 22.0. The van der Waals surface area contributed by atoms with Crippen LogP contribution in [0.1, 0.15) is 66.1 Å². The van der Waals surface area contributed by atoms with E-state index < -0.39 is 0 Å². The van der Waals surface area contributed by atoms with Crippen LogP contribution in [-0.2, 0) is 12.0 Å². The van der Waals surface area contributed by atoms with Crippen LogP contribution >= 0.6 is 17.0 Å². The van der Waals surface area contributed by atoms with E-state index in [9.17, 15) is 4.79 Å². The van der Waals surface area contributed by atoms with Crippen LogP contribution < -0.4 is 14.4 Å². The number of carbonyl (C=O) groups excluding carboxylic acids is 1. The number of halogens is 1. The Morgan fingerprint density at radius 3 is 2.62 bits per heavy atom. The number of aromatic nitrogens is 1. The minimum Gasteiger partial charge on any atom is -0.492 e. The van der Waals surface area contributed by atoms with Crippen LogP contribution in [0.2, 0.25) is 0 Å². The molecule has 184 valence electrons. The van der Waals surface area contributed by atoms with Gasteiger partial charge in [-0.05, 0) is 38.3 Å². The van der Waals surface area contributed by atoms with Gasteiger partial charge in [0.1, 0.15) is 29.6 Å². The van der Waals surface area contributed by atoms with Crippen molar-refractivity contribution in [3.05, 3.63) is 45.8 Å². The van der Waals surface area contributed by atoms with Gasteiger partial charge in [-0.1, -0.05) is 20.8 Å². The monoisotopic (exact) mass is 530 g/mol. The predicted octanol–water partition coefficient (Wildman–Crippen LogP) is 4.83. The lowest BCUT2D eigenvalue weighted by molar-refractivity contribution is 0.0962. The number of nitrogens with zero attached hydrogens (tertiary/aromatic N) is 3. The topological polar surface area (TPSA) is 78.8 Å². The highest BCUT2D eigenvalue weighted by atomic mass is 79.9. The minimum atomic E-state index is -0.163. The molecule has 0 aliphatic carbocycles. The number of benzene rings is 1. The van der Waals surface area contributed by atoms with Crippen molar-refractivity contribution in [3.63, 3.8) is 0 Å². The number of anilines is 1. The number of aryl methyl sites for hydroxylation is 1. The number of hydrogen-bond donors (Lipinski definition) is 1. The maximum absolute atomic E-state index is 13.4. The number of rotatable bonds is 5. The predicted molar refractivity (Wildman–Crippen MR) is 141 cm³/mol. The zero-order valence-corrected chi connectivity index (χ0v) is 22.9. The highest BCUT2D eigenvalue weighted by Gasteiger charge is 2.32. The molecule has 2 aliphatic heterocycles. The molecular formula is C26H35BrN4O3. The molecule has 0 unspecified atom stereocenters. The van der Waals surface area contributed by atoms with Crippen molar-refractivity contribution in [2.24, 2.45) is 0 Å². The number of hydrogen-bond acceptors (Lipinski definition) is 6. The summed E-state index contributed by atoms with van der Waals surface area (Å²) < 4.78 is 11.8. The van der Waals surface area contributed by atoms with Crippen LogP contribution in [0.25, 0.3) is 0 Å². The van der Waals surface area contributed by atoms with Crippen molar-refractivity contribution in [3.8, 4) is 11.5 Å². The molecule has 4 rings (SSSR count). The molecule has 1 aromatic carbocycles. The normalized spacial score (nSPS) is 14.9. The van der Waals surface area contributed by atoms with Crippen LogP contribution in [0, 0.1) is 19.3 Å². The van der Waals surface area contributed by atoms with Gasteiger partial charge < -0.3 is 19.3 Å². The van der Waals surface area contributed by atoms with E-state index in [1.165, 1.54) is 0 Å². The van der Waals surface area contributed by atoms with Crippen molar-refractivity contribution >= 4 is 34.3 Å². The van der Waals surface area contributed by atoms with Gasteiger partial charge in [0.15, 0.2) is 5.78 Å². The quantitative estimate of drug-likeness (QED) is 0.558. The van der Waals surface area contributed by atoms with Crippen LogP contribution in [0.4, 0.5) is 5.69 Å². The summed E-state index contributed by atoms with van der Waals surface area (Å²) in [7, 11) is 2.03. The lowest BCUT2D eigenvalue weighted by Gasteiger charge is -2.33. The number of fused-ring (bicyclic) bond motifs is 2. The summed E-state index contributed by atoms with van der Waals surface area (Å²) >= 11 is 0. The van der Waals surface area contributed by atoms with Crippen molar-refractivity contribution in [2.75, 3.05) is 38.3 Å². The molecule has 1 N–H and O–H groups in total. The molecule has 0 bridgehead atoms. The molecule has 2 aliphatic rings. The highest BCUT2D eigenvalue weighted by molar-refractivity contribution is 8.93. The molecule has 2 aromatic rings. The Hall–Kier alpha value is -2.61. The van der Waals surface area contributed by atoms with E-state index in [-0.39, 0.29) is 34.7 Å². The third kappa shape index (κ3) is 4.52. The van der Waals surface area contributed by atoms with Crippen molar-refractivity contribution in [2.45, 2.75) is 53.5 Å². The first-order chi connectivity index (χ1) is 15.5. The molecule has 0 saturated carbocycles. The van der Waals surface area contributed by atoms with Gasteiger partial charge in [-0.15, -0.1) is 17.0 Å². The van der Waals surface area contributed by atoms with Crippen LogP contribution in [0.5, 0.6) is 11.5 Å². The number of pyridine rings is 1. The van der Waals surface area contributed by atoms with Crippen molar-refractivity contribution in [1.29, 1.82) is 5.41 Å².